The zero-order valence-corrected chi connectivity index (χ0v) is 13.6. The summed E-state index contributed by atoms with van der Waals surface area (Å²) in [7, 11) is 0.321. The highest BCUT2D eigenvalue weighted by Gasteiger charge is 2.33. The molecule has 0 aromatic carbocycles. The number of amides is 1. The van der Waals surface area contributed by atoms with Crippen molar-refractivity contribution < 1.29 is 13.2 Å². The highest BCUT2D eigenvalue weighted by molar-refractivity contribution is 7.86. The Morgan fingerprint density at radius 2 is 1.52 bits per heavy atom. The molecule has 0 atom stereocenters. The van der Waals surface area contributed by atoms with Crippen LogP contribution in [0, 0.1) is 0 Å². The molecule has 0 aromatic heterocycles. The molecule has 2 saturated heterocycles. The van der Waals surface area contributed by atoms with E-state index in [-0.39, 0.29) is 5.91 Å². The van der Waals surface area contributed by atoms with Crippen LogP contribution in [-0.4, -0.2) is 106 Å². The lowest BCUT2D eigenvalue weighted by Gasteiger charge is -2.38. The number of nitrogens with one attached hydrogen (secondary N) is 1. The van der Waals surface area contributed by atoms with E-state index in [1.807, 2.05) is 19.0 Å². The topological polar surface area (TPSA) is 76.2 Å². The SMILES string of the molecule is CN(C)CC(=O)N1CCN(S(=O)(=O)N2CCNCC2)CC1. The summed E-state index contributed by atoms with van der Waals surface area (Å²) >= 11 is 0. The van der Waals surface area contributed by atoms with E-state index < -0.39 is 10.2 Å². The predicted octanol–water partition coefficient (Wildman–Crippen LogP) is -2.16. The minimum absolute atomic E-state index is 0.0548. The van der Waals surface area contributed by atoms with Crippen molar-refractivity contribution in [2.24, 2.45) is 0 Å². The highest BCUT2D eigenvalue weighted by atomic mass is 32.2. The molecule has 0 spiro atoms. The van der Waals surface area contributed by atoms with E-state index >= 15 is 0 Å². The van der Waals surface area contributed by atoms with Gasteiger partial charge in [0.2, 0.25) is 5.91 Å². The second-order valence-electron chi connectivity index (χ2n) is 5.67. The Morgan fingerprint density at radius 3 is 2.05 bits per heavy atom. The lowest BCUT2D eigenvalue weighted by molar-refractivity contribution is -0.133. The second-order valence-corrected chi connectivity index (χ2v) is 7.60. The maximum atomic E-state index is 12.5. The average Bonchev–Trinajstić information content (AvgIpc) is 2.47. The van der Waals surface area contributed by atoms with Crippen LogP contribution in [0.3, 0.4) is 0 Å². The van der Waals surface area contributed by atoms with Gasteiger partial charge in [-0.05, 0) is 14.1 Å². The van der Waals surface area contributed by atoms with E-state index in [1.54, 1.807) is 4.90 Å². The van der Waals surface area contributed by atoms with Crippen LogP contribution in [0.4, 0.5) is 0 Å². The molecule has 0 bridgehead atoms. The van der Waals surface area contributed by atoms with Gasteiger partial charge in [-0.1, -0.05) is 0 Å². The van der Waals surface area contributed by atoms with Gasteiger partial charge in [-0.15, -0.1) is 0 Å². The maximum absolute atomic E-state index is 12.5. The number of hydrogen-bond donors (Lipinski definition) is 1. The molecule has 8 nitrogen and oxygen atoms in total. The van der Waals surface area contributed by atoms with Crippen LogP contribution in [0.15, 0.2) is 0 Å². The molecule has 2 fully saturated rings. The Labute approximate surface area is 126 Å². The number of nitrogens with zero attached hydrogens (tertiary/aromatic N) is 4. The van der Waals surface area contributed by atoms with Crippen molar-refractivity contribution in [1.82, 2.24) is 23.7 Å². The zero-order valence-electron chi connectivity index (χ0n) is 12.8. The monoisotopic (exact) mass is 319 g/mol. The molecule has 21 heavy (non-hydrogen) atoms. The predicted molar refractivity (Wildman–Crippen MR) is 80.1 cm³/mol. The van der Waals surface area contributed by atoms with Crippen LogP contribution in [0.5, 0.6) is 0 Å². The summed E-state index contributed by atoms with van der Waals surface area (Å²) in [5, 5.41) is 3.15. The minimum atomic E-state index is -3.38. The van der Waals surface area contributed by atoms with Crippen LogP contribution < -0.4 is 5.32 Å². The fourth-order valence-corrected chi connectivity index (χ4v) is 4.17. The van der Waals surface area contributed by atoms with Crippen molar-refractivity contribution in [3.05, 3.63) is 0 Å². The molecular weight excluding hydrogens is 294 g/mol. The van der Waals surface area contributed by atoms with Gasteiger partial charge < -0.3 is 15.1 Å². The van der Waals surface area contributed by atoms with E-state index in [2.05, 4.69) is 5.32 Å². The maximum Gasteiger partial charge on any atom is 0.282 e. The van der Waals surface area contributed by atoms with Crippen molar-refractivity contribution >= 4 is 16.1 Å². The van der Waals surface area contributed by atoms with Crippen LogP contribution in [-0.2, 0) is 15.0 Å². The number of piperazine rings is 2. The van der Waals surface area contributed by atoms with Crippen molar-refractivity contribution in [2.45, 2.75) is 0 Å². The first kappa shape index (κ1) is 16.6. The van der Waals surface area contributed by atoms with Gasteiger partial charge in [0.1, 0.15) is 0 Å². The van der Waals surface area contributed by atoms with Gasteiger partial charge in [-0.3, -0.25) is 4.79 Å². The van der Waals surface area contributed by atoms with Gasteiger partial charge in [0, 0.05) is 52.4 Å². The third kappa shape index (κ3) is 4.13. The molecule has 0 aliphatic carbocycles. The summed E-state index contributed by atoms with van der Waals surface area (Å²) in [4.78, 5) is 15.5. The molecule has 2 aliphatic heterocycles. The number of carbonyl (C=O) groups is 1. The third-order valence-electron chi connectivity index (χ3n) is 3.77. The first-order chi connectivity index (χ1) is 9.91. The van der Waals surface area contributed by atoms with Gasteiger partial charge in [-0.2, -0.15) is 17.0 Å². The van der Waals surface area contributed by atoms with Crippen LogP contribution in [0.25, 0.3) is 0 Å². The van der Waals surface area contributed by atoms with Crippen LogP contribution in [0.2, 0.25) is 0 Å². The van der Waals surface area contributed by atoms with Gasteiger partial charge >= 0.3 is 0 Å². The van der Waals surface area contributed by atoms with Crippen molar-refractivity contribution in [2.75, 3.05) is 73.0 Å². The summed E-state index contributed by atoms with van der Waals surface area (Å²) in [5.74, 6) is 0.0548. The Morgan fingerprint density at radius 1 is 1.00 bits per heavy atom. The van der Waals surface area contributed by atoms with Crippen molar-refractivity contribution in [3.63, 3.8) is 0 Å². The Kier molecular flexibility index (Phi) is 5.55. The average molecular weight is 319 g/mol. The van der Waals surface area contributed by atoms with Gasteiger partial charge in [0.25, 0.3) is 10.2 Å². The minimum Gasteiger partial charge on any atom is -0.339 e. The molecule has 2 rings (SSSR count). The molecule has 2 heterocycles. The van der Waals surface area contributed by atoms with Crippen molar-refractivity contribution in [1.29, 1.82) is 0 Å². The number of likely N-dealkylation sites (N-methyl/N-ethyl adjacent to an activating group) is 1. The molecule has 2 aliphatic rings. The molecule has 0 saturated carbocycles. The molecule has 0 aromatic rings. The van der Waals surface area contributed by atoms with E-state index in [9.17, 15) is 13.2 Å². The normalized spacial score (nSPS) is 22.7. The molecule has 0 radical (unpaired) electrons. The lowest BCUT2D eigenvalue weighted by Crippen LogP contribution is -2.57. The van der Waals surface area contributed by atoms with E-state index in [1.165, 1.54) is 8.61 Å². The first-order valence-electron chi connectivity index (χ1n) is 7.29. The summed E-state index contributed by atoms with van der Waals surface area (Å²) in [6.45, 7) is 4.49. The summed E-state index contributed by atoms with van der Waals surface area (Å²) in [5.41, 5.74) is 0. The Hall–Kier alpha value is -0.740. The third-order valence-corrected chi connectivity index (χ3v) is 5.81. The van der Waals surface area contributed by atoms with E-state index in [0.29, 0.717) is 58.9 Å². The quantitative estimate of drug-likeness (QED) is 0.639. The molecule has 0 unspecified atom stereocenters. The molecule has 9 heteroatoms. The number of rotatable bonds is 4. The van der Waals surface area contributed by atoms with Gasteiger partial charge in [0.15, 0.2) is 0 Å². The van der Waals surface area contributed by atoms with Crippen LogP contribution in [0.1, 0.15) is 0 Å². The summed E-state index contributed by atoms with van der Waals surface area (Å²) < 4.78 is 28.0. The highest BCUT2D eigenvalue weighted by Crippen LogP contribution is 2.13. The Bertz CT molecular complexity index is 454. The standard InChI is InChI=1S/C12H25N5O3S/c1-14(2)11-12(18)15-7-9-17(10-8-15)21(19,20)16-5-3-13-4-6-16/h13H,3-11H2,1-2H3. The first-order valence-corrected chi connectivity index (χ1v) is 8.69. The second kappa shape index (κ2) is 7.01. The largest absolute Gasteiger partial charge is 0.339 e. The van der Waals surface area contributed by atoms with Crippen molar-refractivity contribution in [3.8, 4) is 0 Å². The molecule has 1 N–H and O–H groups in total. The molecule has 1 amide bonds. The van der Waals surface area contributed by atoms with Crippen LogP contribution >= 0.6 is 0 Å². The van der Waals surface area contributed by atoms with E-state index in [0.717, 1.165) is 0 Å². The summed E-state index contributed by atoms with van der Waals surface area (Å²) in [6, 6.07) is 0. The van der Waals surface area contributed by atoms with E-state index in [4.69, 9.17) is 0 Å². The number of carbonyl (C=O) groups excluding carboxylic acids is 1. The smallest absolute Gasteiger partial charge is 0.282 e. The lowest BCUT2D eigenvalue weighted by atomic mass is 10.3. The Balaban J connectivity index is 1.89. The van der Waals surface area contributed by atoms with Gasteiger partial charge in [0.05, 0.1) is 6.54 Å². The fraction of sp³-hybridized carbons (Fsp3) is 0.917. The molecular formula is C12H25N5O3S. The zero-order chi connectivity index (χ0) is 15.5. The fourth-order valence-electron chi connectivity index (χ4n) is 2.58. The molecule has 122 valence electrons. The summed E-state index contributed by atoms with van der Waals surface area (Å²) in [6.07, 6.45) is 0. The number of hydrogen-bond acceptors (Lipinski definition) is 5. The van der Waals surface area contributed by atoms with Gasteiger partial charge in [-0.25, -0.2) is 0 Å².